The number of carbonyl (C=O) groups excluding carboxylic acids is 1. The zero-order chi connectivity index (χ0) is 12.6. The van der Waals surface area contributed by atoms with Crippen LogP contribution in [-0.2, 0) is 11.8 Å². The zero-order valence-corrected chi connectivity index (χ0v) is 9.54. The van der Waals surface area contributed by atoms with Crippen LogP contribution in [0, 0.1) is 0 Å². The number of rotatable bonds is 3. The summed E-state index contributed by atoms with van der Waals surface area (Å²) in [7, 11) is 3.35. The van der Waals surface area contributed by atoms with Gasteiger partial charge in [-0.3, -0.25) is 4.79 Å². The van der Waals surface area contributed by atoms with Crippen molar-refractivity contribution in [2.75, 3.05) is 11.9 Å². The highest BCUT2D eigenvalue weighted by atomic mass is 16.4. The van der Waals surface area contributed by atoms with Crippen molar-refractivity contribution < 1.29 is 14.7 Å². The summed E-state index contributed by atoms with van der Waals surface area (Å²) < 4.78 is 1.61. The fourth-order valence-corrected chi connectivity index (χ4v) is 1.82. The molecule has 17 heavy (non-hydrogen) atoms. The van der Waals surface area contributed by atoms with E-state index in [1.807, 2.05) is 0 Å². The van der Waals surface area contributed by atoms with Crippen molar-refractivity contribution in [2.45, 2.75) is 0 Å². The van der Waals surface area contributed by atoms with Gasteiger partial charge >= 0.3 is 5.97 Å². The third kappa shape index (κ3) is 1.75. The van der Waals surface area contributed by atoms with Crippen molar-refractivity contribution >= 4 is 29.0 Å². The van der Waals surface area contributed by atoms with Crippen LogP contribution in [0.1, 0.15) is 10.5 Å². The molecule has 0 saturated heterocycles. The first-order valence-electron chi connectivity index (χ1n) is 5.05. The lowest BCUT2D eigenvalue weighted by Crippen LogP contribution is -2.13. The van der Waals surface area contributed by atoms with Crippen LogP contribution in [-0.4, -0.2) is 29.1 Å². The van der Waals surface area contributed by atoms with Crippen LogP contribution in [0.4, 0.5) is 5.69 Å². The number of amides is 1. The molecular weight excluding hydrogens is 220 g/mol. The normalized spacial score (nSPS) is 10.5. The molecule has 0 aliphatic heterocycles. The monoisotopic (exact) mass is 232 g/mol. The Morgan fingerprint density at radius 2 is 2.12 bits per heavy atom. The van der Waals surface area contributed by atoms with E-state index in [0.29, 0.717) is 6.41 Å². The van der Waals surface area contributed by atoms with E-state index in [9.17, 15) is 9.59 Å². The third-order valence-corrected chi connectivity index (χ3v) is 2.81. The number of carboxylic acid groups (broad SMARTS) is 1. The quantitative estimate of drug-likeness (QED) is 0.815. The molecule has 1 aromatic heterocycles. The largest absolute Gasteiger partial charge is 0.477 e. The van der Waals surface area contributed by atoms with E-state index in [1.165, 1.54) is 4.90 Å². The summed E-state index contributed by atoms with van der Waals surface area (Å²) in [5.74, 6) is -0.964. The summed E-state index contributed by atoms with van der Waals surface area (Å²) in [6.07, 6.45) is 0.711. The lowest BCUT2D eigenvalue weighted by Gasteiger charge is -2.10. The highest BCUT2D eigenvalue weighted by Crippen LogP contribution is 2.23. The van der Waals surface area contributed by atoms with Crippen molar-refractivity contribution in [1.29, 1.82) is 0 Å². The number of fused-ring (bicyclic) bond motifs is 1. The Balaban J connectivity index is 2.63. The van der Waals surface area contributed by atoms with Crippen LogP contribution in [0.25, 0.3) is 10.9 Å². The van der Waals surface area contributed by atoms with E-state index in [4.69, 9.17) is 5.11 Å². The molecule has 88 valence electrons. The first kappa shape index (κ1) is 11.2. The van der Waals surface area contributed by atoms with Gasteiger partial charge in [-0.25, -0.2) is 4.79 Å². The number of aromatic nitrogens is 1. The van der Waals surface area contributed by atoms with E-state index in [0.717, 1.165) is 16.6 Å². The summed E-state index contributed by atoms with van der Waals surface area (Å²) in [5, 5.41) is 9.81. The number of carboxylic acids is 1. The standard InChI is InChI=1S/C12H12N2O3/c1-13(7-15)9-3-4-10-8(5-9)6-11(12(16)17)14(10)2/h3-7H,1-2H3,(H,16,17). The highest BCUT2D eigenvalue weighted by molar-refractivity contribution is 5.96. The fraction of sp³-hybridized carbons (Fsp3) is 0.167. The van der Waals surface area contributed by atoms with Gasteiger partial charge < -0.3 is 14.6 Å². The molecule has 5 nitrogen and oxygen atoms in total. The Kier molecular flexibility index (Phi) is 2.59. The van der Waals surface area contributed by atoms with Crippen molar-refractivity contribution in [2.24, 2.45) is 7.05 Å². The molecular formula is C12H12N2O3. The highest BCUT2D eigenvalue weighted by Gasteiger charge is 2.12. The summed E-state index contributed by atoms with van der Waals surface area (Å²) in [5.41, 5.74) is 1.78. The summed E-state index contributed by atoms with van der Waals surface area (Å²) in [6.45, 7) is 0. The molecule has 0 bridgehead atoms. The van der Waals surface area contributed by atoms with Crippen LogP contribution in [0.3, 0.4) is 0 Å². The summed E-state index contributed by atoms with van der Waals surface area (Å²) in [6, 6.07) is 6.97. The van der Waals surface area contributed by atoms with E-state index in [2.05, 4.69) is 0 Å². The lowest BCUT2D eigenvalue weighted by molar-refractivity contribution is -0.107. The first-order valence-corrected chi connectivity index (χ1v) is 5.05. The minimum atomic E-state index is -0.964. The Labute approximate surface area is 97.9 Å². The Morgan fingerprint density at radius 3 is 2.71 bits per heavy atom. The number of aryl methyl sites for hydroxylation is 1. The van der Waals surface area contributed by atoms with Gasteiger partial charge in [-0.15, -0.1) is 0 Å². The smallest absolute Gasteiger partial charge is 0.352 e. The zero-order valence-electron chi connectivity index (χ0n) is 9.54. The maximum absolute atomic E-state index is 11.0. The van der Waals surface area contributed by atoms with Gasteiger partial charge in [0.05, 0.1) is 0 Å². The number of hydrogen-bond donors (Lipinski definition) is 1. The van der Waals surface area contributed by atoms with Gasteiger partial charge in [0.25, 0.3) is 0 Å². The van der Waals surface area contributed by atoms with Gasteiger partial charge in [0.15, 0.2) is 0 Å². The number of carbonyl (C=O) groups is 2. The molecule has 0 spiro atoms. The average molecular weight is 232 g/mol. The molecule has 1 N–H and O–H groups in total. The molecule has 0 atom stereocenters. The molecule has 0 fully saturated rings. The maximum Gasteiger partial charge on any atom is 0.352 e. The molecule has 0 unspecified atom stereocenters. The van der Waals surface area contributed by atoms with Crippen LogP contribution in [0.15, 0.2) is 24.3 Å². The average Bonchev–Trinajstić information content (AvgIpc) is 2.65. The fourth-order valence-electron chi connectivity index (χ4n) is 1.82. The minimum absolute atomic E-state index is 0.228. The number of aromatic carboxylic acids is 1. The van der Waals surface area contributed by atoms with Gasteiger partial charge in [0, 0.05) is 30.7 Å². The van der Waals surface area contributed by atoms with E-state index in [1.54, 1.807) is 42.9 Å². The SMILES string of the molecule is CN(C=O)c1ccc2c(c1)cc(C(=O)O)n2C. The second-order valence-electron chi connectivity index (χ2n) is 3.85. The molecule has 1 aromatic carbocycles. The molecule has 1 amide bonds. The molecule has 0 saturated carbocycles. The Hall–Kier alpha value is -2.30. The minimum Gasteiger partial charge on any atom is -0.477 e. The van der Waals surface area contributed by atoms with Crippen LogP contribution in [0.2, 0.25) is 0 Å². The van der Waals surface area contributed by atoms with E-state index >= 15 is 0 Å². The second kappa shape index (κ2) is 3.93. The van der Waals surface area contributed by atoms with Gasteiger partial charge in [-0.05, 0) is 24.3 Å². The number of nitrogens with zero attached hydrogens (tertiary/aromatic N) is 2. The topological polar surface area (TPSA) is 62.5 Å². The Bertz CT molecular complexity index is 601. The van der Waals surface area contributed by atoms with Gasteiger partial charge in [0.1, 0.15) is 5.69 Å². The molecule has 0 aliphatic carbocycles. The van der Waals surface area contributed by atoms with Crippen LogP contribution in [0.5, 0.6) is 0 Å². The van der Waals surface area contributed by atoms with Gasteiger partial charge in [-0.2, -0.15) is 0 Å². The predicted octanol–water partition coefficient (Wildman–Crippen LogP) is 1.47. The van der Waals surface area contributed by atoms with Crippen molar-refractivity contribution in [3.63, 3.8) is 0 Å². The number of benzene rings is 1. The third-order valence-electron chi connectivity index (χ3n) is 2.81. The summed E-state index contributed by atoms with van der Waals surface area (Å²) in [4.78, 5) is 23.1. The number of anilines is 1. The molecule has 0 aliphatic rings. The van der Waals surface area contributed by atoms with Crippen molar-refractivity contribution in [3.05, 3.63) is 30.0 Å². The van der Waals surface area contributed by atoms with Crippen molar-refractivity contribution in [1.82, 2.24) is 4.57 Å². The van der Waals surface area contributed by atoms with Crippen LogP contribution < -0.4 is 4.90 Å². The van der Waals surface area contributed by atoms with Gasteiger partial charge in [-0.1, -0.05) is 0 Å². The predicted molar refractivity (Wildman–Crippen MR) is 64.3 cm³/mol. The summed E-state index contributed by atoms with van der Waals surface area (Å²) >= 11 is 0. The molecule has 0 radical (unpaired) electrons. The van der Waals surface area contributed by atoms with E-state index in [-0.39, 0.29) is 5.69 Å². The molecule has 2 aromatic rings. The van der Waals surface area contributed by atoms with Crippen LogP contribution >= 0.6 is 0 Å². The number of hydrogen-bond acceptors (Lipinski definition) is 2. The second-order valence-corrected chi connectivity index (χ2v) is 3.85. The first-order chi connectivity index (χ1) is 8.04. The maximum atomic E-state index is 11.0. The Morgan fingerprint density at radius 1 is 1.41 bits per heavy atom. The lowest BCUT2D eigenvalue weighted by atomic mass is 10.2. The molecule has 2 rings (SSSR count). The molecule has 1 heterocycles. The van der Waals surface area contributed by atoms with Gasteiger partial charge in [0.2, 0.25) is 6.41 Å². The van der Waals surface area contributed by atoms with E-state index < -0.39 is 5.97 Å². The molecule has 5 heteroatoms. The van der Waals surface area contributed by atoms with Crippen molar-refractivity contribution in [3.8, 4) is 0 Å².